The zero-order valence-electron chi connectivity index (χ0n) is 16.7. The Morgan fingerprint density at radius 1 is 0.500 bits per heavy atom. The Labute approximate surface area is 238 Å². The molecule has 5 nitrogen and oxygen atoms in total. The molecule has 0 spiro atoms. The second-order valence-electron chi connectivity index (χ2n) is 6.32. The monoisotopic (exact) mass is 610 g/mol. The SMILES string of the molecule is [Cl-].[Cl-].[Cl-].[Nd+3].c1ccc(-n2ccnc2-c2cccc(-c3nccn3-c3ccccc3)n2)cc1. The molecule has 0 bridgehead atoms. The first-order valence-electron chi connectivity index (χ1n) is 9.05. The van der Waals surface area contributed by atoms with Crippen LogP contribution in [0, 0.1) is 40.8 Å². The van der Waals surface area contributed by atoms with Crippen molar-refractivity contribution in [2.75, 3.05) is 0 Å². The van der Waals surface area contributed by atoms with E-state index in [9.17, 15) is 0 Å². The molecule has 0 saturated heterocycles. The van der Waals surface area contributed by atoms with Gasteiger partial charge in [-0.05, 0) is 36.4 Å². The maximum atomic E-state index is 4.86. The van der Waals surface area contributed by atoms with Gasteiger partial charge in [-0.25, -0.2) is 15.0 Å². The Morgan fingerprint density at radius 3 is 1.31 bits per heavy atom. The summed E-state index contributed by atoms with van der Waals surface area (Å²) in [4.78, 5) is 13.9. The molecule has 0 aliphatic heterocycles. The summed E-state index contributed by atoms with van der Waals surface area (Å²) in [7, 11) is 0. The Hall–Kier alpha value is -1.77. The molecule has 0 aliphatic rings. The van der Waals surface area contributed by atoms with Crippen molar-refractivity contribution < 1.29 is 78.1 Å². The largest absolute Gasteiger partial charge is 3.00 e. The first kappa shape index (κ1) is 28.3. The van der Waals surface area contributed by atoms with Crippen LogP contribution in [-0.4, -0.2) is 24.1 Å². The first-order valence-corrected chi connectivity index (χ1v) is 9.05. The number of para-hydroxylation sites is 2. The molecular formula is C23H17Cl3N5Nd. The average Bonchev–Trinajstić information content (AvgIpc) is 3.45. The molecule has 9 heteroatoms. The Morgan fingerprint density at radius 2 is 0.906 bits per heavy atom. The van der Waals surface area contributed by atoms with E-state index in [0.717, 1.165) is 34.4 Å². The van der Waals surface area contributed by atoms with Gasteiger partial charge in [-0.3, -0.25) is 9.13 Å². The second-order valence-corrected chi connectivity index (χ2v) is 6.32. The minimum Gasteiger partial charge on any atom is -1.00 e. The molecule has 5 aromatic rings. The van der Waals surface area contributed by atoms with E-state index in [2.05, 4.69) is 34.2 Å². The van der Waals surface area contributed by atoms with Gasteiger partial charge in [-0.15, -0.1) is 0 Å². The van der Waals surface area contributed by atoms with Crippen molar-refractivity contribution in [3.8, 4) is 34.4 Å². The summed E-state index contributed by atoms with van der Waals surface area (Å²) >= 11 is 0. The van der Waals surface area contributed by atoms with Gasteiger partial charge in [0.15, 0.2) is 11.6 Å². The van der Waals surface area contributed by atoms with E-state index >= 15 is 0 Å². The number of benzene rings is 2. The maximum absolute atomic E-state index is 4.86. The Kier molecular flexibility index (Phi) is 11.5. The van der Waals surface area contributed by atoms with Crippen LogP contribution in [0.2, 0.25) is 0 Å². The van der Waals surface area contributed by atoms with E-state index < -0.39 is 0 Å². The van der Waals surface area contributed by atoms with Crippen LogP contribution in [-0.2, 0) is 0 Å². The molecule has 2 aromatic carbocycles. The molecule has 32 heavy (non-hydrogen) atoms. The number of nitrogens with zero attached hydrogens (tertiary/aromatic N) is 5. The van der Waals surface area contributed by atoms with Gasteiger partial charge in [-0.1, -0.05) is 42.5 Å². The topological polar surface area (TPSA) is 48.5 Å². The van der Waals surface area contributed by atoms with Gasteiger partial charge in [0.05, 0.1) is 0 Å². The first-order chi connectivity index (χ1) is 13.9. The Balaban J connectivity index is 0.00000128. The molecule has 159 valence electrons. The number of aromatic nitrogens is 5. The Bertz CT molecular complexity index is 1130. The van der Waals surface area contributed by atoms with Crippen LogP contribution >= 0.6 is 0 Å². The van der Waals surface area contributed by atoms with E-state index in [4.69, 9.17) is 4.98 Å². The predicted molar refractivity (Wildman–Crippen MR) is 109 cm³/mol. The van der Waals surface area contributed by atoms with E-state index in [1.54, 1.807) is 12.4 Å². The van der Waals surface area contributed by atoms with Gasteiger partial charge in [0, 0.05) is 36.2 Å². The van der Waals surface area contributed by atoms with Crippen molar-refractivity contribution in [1.29, 1.82) is 0 Å². The van der Waals surface area contributed by atoms with Gasteiger partial charge in [-0.2, -0.15) is 0 Å². The summed E-state index contributed by atoms with van der Waals surface area (Å²) in [5, 5.41) is 0. The number of halogens is 3. The molecular weight excluding hydrogens is 597 g/mol. The molecule has 0 N–H and O–H groups in total. The summed E-state index contributed by atoms with van der Waals surface area (Å²) in [6.45, 7) is 0. The van der Waals surface area contributed by atoms with Crippen LogP contribution in [0.15, 0.2) is 104 Å². The van der Waals surface area contributed by atoms with Gasteiger partial charge < -0.3 is 37.2 Å². The minimum atomic E-state index is 0. The summed E-state index contributed by atoms with van der Waals surface area (Å²) in [6.07, 6.45) is 7.48. The standard InChI is InChI=1S/C23H17N5.3ClH.Nd/c1-3-8-18(9-4-1)27-16-14-24-22(27)20-12-7-13-21(26-20)23-25-15-17-28(23)19-10-5-2-6-11-19;;;;/h1-17H;3*1H;/q;;;;+3/p-3. The van der Waals surface area contributed by atoms with Crippen molar-refractivity contribution in [2.45, 2.75) is 0 Å². The van der Waals surface area contributed by atoms with Crippen molar-refractivity contribution in [3.63, 3.8) is 0 Å². The third-order valence-corrected chi connectivity index (χ3v) is 4.56. The van der Waals surface area contributed by atoms with E-state index in [0.29, 0.717) is 0 Å². The fourth-order valence-electron chi connectivity index (χ4n) is 3.26. The van der Waals surface area contributed by atoms with E-state index in [1.165, 1.54) is 0 Å². The third-order valence-electron chi connectivity index (χ3n) is 4.56. The molecule has 3 heterocycles. The van der Waals surface area contributed by atoms with Gasteiger partial charge >= 0.3 is 40.8 Å². The molecule has 0 amide bonds. The number of hydrogen-bond donors (Lipinski definition) is 0. The predicted octanol–water partition coefficient (Wildman–Crippen LogP) is -4.20. The second kappa shape index (κ2) is 13.1. The molecule has 5 rings (SSSR count). The summed E-state index contributed by atoms with van der Waals surface area (Å²) in [6, 6.07) is 26.2. The van der Waals surface area contributed by atoms with E-state index in [1.807, 2.05) is 76.1 Å². The van der Waals surface area contributed by atoms with Crippen molar-refractivity contribution >= 4 is 0 Å². The van der Waals surface area contributed by atoms with Crippen LogP contribution in [0.3, 0.4) is 0 Å². The normalized spacial score (nSPS) is 9.50. The molecule has 1 radical (unpaired) electrons. The maximum Gasteiger partial charge on any atom is 3.00 e. The average molecular weight is 614 g/mol. The van der Waals surface area contributed by atoms with Gasteiger partial charge in [0.25, 0.3) is 0 Å². The zero-order chi connectivity index (χ0) is 18.8. The third kappa shape index (κ3) is 5.77. The molecule has 0 aliphatic carbocycles. The van der Waals surface area contributed by atoms with Crippen molar-refractivity contribution in [2.24, 2.45) is 0 Å². The summed E-state index contributed by atoms with van der Waals surface area (Å²) in [5.41, 5.74) is 3.70. The molecule has 3 aromatic heterocycles. The summed E-state index contributed by atoms with van der Waals surface area (Å²) < 4.78 is 4.07. The minimum absolute atomic E-state index is 0. The number of imidazole rings is 2. The summed E-state index contributed by atoms with van der Waals surface area (Å²) in [5.74, 6) is 1.59. The number of hydrogen-bond acceptors (Lipinski definition) is 3. The van der Waals surface area contributed by atoms with Crippen molar-refractivity contribution in [1.82, 2.24) is 24.1 Å². The zero-order valence-corrected chi connectivity index (χ0v) is 22.2. The van der Waals surface area contributed by atoms with Crippen LogP contribution in [0.1, 0.15) is 0 Å². The number of rotatable bonds is 4. The molecule has 0 atom stereocenters. The smallest absolute Gasteiger partial charge is 1.00 e. The molecule has 0 fully saturated rings. The van der Waals surface area contributed by atoms with Crippen LogP contribution < -0.4 is 37.2 Å². The van der Waals surface area contributed by atoms with Crippen LogP contribution in [0.4, 0.5) is 0 Å². The van der Waals surface area contributed by atoms with Crippen molar-refractivity contribution in [3.05, 3.63) is 104 Å². The molecule has 0 saturated carbocycles. The fourth-order valence-corrected chi connectivity index (χ4v) is 3.26. The van der Waals surface area contributed by atoms with Crippen LogP contribution in [0.5, 0.6) is 0 Å². The van der Waals surface area contributed by atoms with Gasteiger partial charge in [0.1, 0.15) is 11.4 Å². The van der Waals surface area contributed by atoms with Gasteiger partial charge in [0.2, 0.25) is 0 Å². The molecule has 0 unspecified atom stereocenters. The van der Waals surface area contributed by atoms with E-state index in [-0.39, 0.29) is 78.1 Å². The fraction of sp³-hybridized carbons (Fsp3) is 0. The van der Waals surface area contributed by atoms with Crippen LogP contribution in [0.25, 0.3) is 34.4 Å². The number of pyridine rings is 1. The quantitative estimate of drug-likeness (QED) is 0.207.